The van der Waals surface area contributed by atoms with Crippen molar-refractivity contribution < 1.29 is 9.53 Å². The molecule has 2 heterocycles. The van der Waals surface area contributed by atoms with Crippen LogP contribution in [0.4, 0.5) is 5.69 Å². The molecule has 0 radical (unpaired) electrons. The van der Waals surface area contributed by atoms with Gasteiger partial charge in [0.15, 0.2) is 16.1 Å². The van der Waals surface area contributed by atoms with Crippen LogP contribution in [-0.2, 0) is 17.9 Å². The zero-order chi connectivity index (χ0) is 20.8. The molecule has 0 fully saturated rings. The molecule has 1 N–H and O–H groups in total. The van der Waals surface area contributed by atoms with Gasteiger partial charge in [0.1, 0.15) is 12.4 Å². The molecule has 0 saturated carbocycles. The predicted octanol–water partition coefficient (Wildman–Crippen LogP) is 4.96. The average molecular weight is 473 g/mol. The molecule has 0 aliphatic heterocycles. The minimum absolute atomic E-state index is 0.146. The Morgan fingerprint density at radius 1 is 1.24 bits per heavy atom. The summed E-state index contributed by atoms with van der Waals surface area (Å²) in [6.45, 7) is 2.76. The normalized spacial score (nSPS) is 10.8. The topological polar surface area (TPSA) is 81.9 Å². The molecule has 0 aliphatic carbocycles. The predicted molar refractivity (Wildman–Crippen MR) is 115 cm³/mol. The Bertz CT molecular complexity index is 1010. The molecule has 0 saturated heterocycles. The van der Waals surface area contributed by atoms with E-state index in [-0.39, 0.29) is 23.4 Å². The molecule has 7 nitrogen and oxygen atoms in total. The van der Waals surface area contributed by atoms with Gasteiger partial charge < -0.3 is 14.6 Å². The smallest absolute Gasteiger partial charge is 0.234 e. The molecule has 0 atom stereocenters. The second-order valence-corrected chi connectivity index (χ2v) is 7.83. The van der Waals surface area contributed by atoms with Crippen LogP contribution in [0.3, 0.4) is 0 Å². The van der Waals surface area contributed by atoms with E-state index in [1.807, 2.05) is 11.5 Å². The quantitative estimate of drug-likeness (QED) is 0.368. The number of halogens is 3. The third-order valence-electron chi connectivity index (χ3n) is 3.73. The van der Waals surface area contributed by atoms with Gasteiger partial charge in [-0.3, -0.25) is 4.79 Å². The Kier molecular flexibility index (Phi) is 7.60. The summed E-state index contributed by atoms with van der Waals surface area (Å²) in [4.78, 5) is 16.1. The van der Waals surface area contributed by atoms with E-state index in [0.717, 1.165) is 0 Å². The van der Waals surface area contributed by atoms with E-state index in [4.69, 9.17) is 39.5 Å². The Morgan fingerprint density at radius 3 is 2.79 bits per heavy atom. The van der Waals surface area contributed by atoms with E-state index >= 15 is 0 Å². The number of carbonyl (C=O) groups excluding carboxylic acids is 1. The summed E-state index contributed by atoms with van der Waals surface area (Å²) in [5.41, 5.74) is 0.464. The number of hydrogen-bond donors (Lipinski definition) is 1. The molecule has 0 unspecified atom stereocenters. The van der Waals surface area contributed by atoms with Gasteiger partial charge in [-0.15, -0.1) is 10.2 Å². The van der Waals surface area contributed by atoms with Crippen LogP contribution in [-0.4, -0.2) is 31.4 Å². The maximum absolute atomic E-state index is 12.2. The van der Waals surface area contributed by atoms with Crippen molar-refractivity contribution in [1.29, 1.82) is 0 Å². The first-order chi connectivity index (χ1) is 14.0. The molecule has 2 aromatic heterocycles. The highest BCUT2D eigenvalue weighted by Gasteiger charge is 2.15. The van der Waals surface area contributed by atoms with Crippen LogP contribution in [0.15, 0.2) is 41.7 Å². The lowest BCUT2D eigenvalue weighted by atomic mass is 10.3. The Balaban J connectivity index is 1.60. The first-order valence-electron chi connectivity index (χ1n) is 8.51. The number of nitrogens with zero attached hydrogens (tertiary/aromatic N) is 4. The molecule has 0 bridgehead atoms. The van der Waals surface area contributed by atoms with Gasteiger partial charge >= 0.3 is 0 Å². The third kappa shape index (κ3) is 5.76. The second-order valence-electron chi connectivity index (χ2n) is 5.69. The zero-order valence-electron chi connectivity index (χ0n) is 15.2. The molecule has 152 valence electrons. The van der Waals surface area contributed by atoms with Crippen LogP contribution >= 0.6 is 46.6 Å². The number of amides is 1. The standard InChI is InChI=1S/C18H16Cl3N5O2S/c1-2-26-15(9-28-14-6-5-11(19)8-12(14)20)24-25-18(26)29-10-16(27)23-13-4-3-7-22-17(13)21/h3-8H,2,9-10H2,1H3,(H,23,27). The lowest BCUT2D eigenvalue weighted by molar-refractivity contribution is -0.113. The SMILES string of the molecule is CCn1c(COc2ccc(Cl)cc2Cl)nnc1SCC(=O)Nc1cccnc1Cl. The van der Waals surface area contributed by atoms with Crippen molar-refractivity contribution in [1.82, 2.24) is 19.7 Å². The zero-order valence-corrected chi connectivity index (χ0v) is 18.3. The highest BCUT2D eigenvalue weighted by Crippen LogP contribution is 2.28. The van der Waals surface area contributed by atoms with Crippen LogP contribution in [0.2, 0.25) is 15.2 Å². The summed E-state index contributed by atoms with van der Waals surface area (Å²) >= 11 is 19.2. The van der Waals surface area contributed by atoms with E-state index in [0.29, 0.717) is 39.0 Å². The number of rotatable bonds is 8. The average Bonchev–Trinajstić information content (AvgIpc) is 3.09. The van der Waals surface area contributed by atoms with E-state index < -0.39 is 0 Å². The van der Waals surface area contributed by atoms with Crippen molar-refractivity contribution in [2.75, 3.05) is 11.1 Å². The van der Waals surface area contributed by atoms with E-state index in [9.17, 15) is 4.79 Å². The minimum atomic E-state index is -0.221. The fraction of sp³-hybridized carbons (Fsp3) is 0.222. The fourth-order valence-corrected chi connectivity index (χ4v) is 3.83. The van der Waals surface area contributed by atoms with Gasteiger partial charge in [-0.25, -0.2) is 4.98 Å². The van der Waals surface area contributed by atoms with Crippen LogP contribution in [0, 0.1) is 0 Å². The van der Waals surface area contributed by atoms with E-state index in [2.05, 4.69) is 20.5 Å². The maximum atomic E-state index is 12.2. The Morgan fingerprint density at radius 2 is 2.07 bits per heavy atom. The molecular weight excluding hydrogens is 457 g/mol. The summed E-state index contributed by atoms with van der Waals surface area (Å²) < 4.78 is 7.60. The van der Waals surface area contributed by atoms with Crippen LogP contribution in [0.1, 0.15) is 12.7 Å². The highest BCUT2D eigenvalue weighted by molar-refractivity contribution is 7.99. The number of ether oxygens (including phenoxy) is 1. The van der Waals surface area contributed by atoms with Gasteiger partial charge in [-0.05, 0) is 37.3 Å². The van der Waals surface area contributed by atoms with Crippen LogP contribution in [0.5, 0.6) is 5.75 Å². The lowest BCUT2D eigenvalue weighted by Crippen LogP contribution is -2.15. The Labute approximate surface area is 186 Å². The molecule has 1 amide bonds. The fourth-order valence-electron chi connectivity index (χ4n) is 2.38. The second kappa shape index (κ2) is 10.2. The summed E-state index contributed by atoms with van der Waals surface area (Å²) in [5.74, 6) is 1.05. The van der Waals surface area contributed by atoms with Crippen molar-refractivity contribution in [3.8, 4) is 5.75 Å². The largest absolute Gasteiger partial charge is 0.484 e. The van der Waals surface area contributed by atoms with Gasteiger partial charge in [0.25, 0.3) is 0 Å². The van der Waals surface area contributed by atoms with Gasteiger partial charge in [-0.2, -0.15) is 0 Å². The molecule has 0 aliphatic rings. The van der Waals surface area contributed by atoms with Gasteiger partial charge in [0, 0.05) is 17.8 Å². The van der Waals surface area contributed by atoms with Crippen molar-refractivity contribution in [2.24, 2.45) is 0 Å². The summed E-state index contributed by atoms with van der Waals surface area (Å²) in [5, 5.41) is 12.8. The van der Waals surface area contributed by atoms with Crippen molar-refractivity contribution in [3.63, 3.8) is 0 Å². The minimum Gasteiger partial charge on any atom is -0.484 e. The number of carbonyl (C=O) groups is 1. The first kappa shape index (κ1) is 21.7. The van der Waals surface area contributed by atoms with Gasteiger partial charge in [-0.1, -0.05) is 46.6 Å². The number of thioether (sulfide) groups is 1. The van der Waals surface area contributed by atoms with Crippen LogP contribution < -0.4 is 10.1 Å². The highest BCUT2D eigenvalue weighted by atomic mass is 35.5. The number of nitrogens with one attached hydrogen (secondary N) is 1. The summed E-state index contributed by atoms with van der Waals surface area (Å²) in [6.07, 6.45) is 1.55. The molecule has 29 heavy (non-hydrogen) atoms. The van der Waals surface area contributed by atoms with Gasteiger partial charge in [0.05, 0.1) is 16.5 Å². The molecule has 0 spiro atoms. The molecule has 3 aromatic rings. The number of pyridine rings is 1. The Hall–Kier alpha value is -2.00. The summed E-state index contributed by atoms with van der Waals surface area (Å²) in [6, 6.07) is 8.38. The number of benzene rings is 1. The van der Waals surface area contributed by atoms with E-state index in [1.165, 1.54) is 11.8 Å². The van der Waals surface area contributed by atoms with Crippen LogP contribution in [0.25, 0.3) is 0 Å². The molecule has 1 aromatic carbocycles. The third-order valence-corrected chi connectivity index (χ3v) is 5.52. The number of hydrogen-bond acceptors (Lipinski definition) is 6. The first-order valence-corrected chi connectivity index (χ1v) is 10.6. The number of aromatic nitrogens is 4. The molecule has 11 heteroatoms. The van der Waals surface area contributed by atoms with Crippen molar-refractivity contribution >= 4 is 58.2 Å². The maximum Gasteiger partial charge on any atom is 0.234 e. The monoisotopic (exact) mass is 471 g/mol. The van der Waals surface area contributed by atoms with Crippen molar-refractivity contribution in [2.45, 2.75) is 25.2 Å². The lowest BCUT2D eigenvalue weighted by Gasteiger charge is -2.10. The number of anilines is 1. The van der Waals surface area contributed by atoms with E-state index in [1.54, 1.807) is 36.5 Å². The molecule has 3 rings (SSSR count). The van der Waals surface area contributed by atoms with Gasteiger partial charge in [0.2, 0.25) is 5.91 Å². The molecular formula is C18H16Cl3N5O2S. The van der Waals surface area contributed by atoms with Crippen molar-refractivity contribution in [3.05, 3.63) is 57.6 Å². The summed E-state index contributed by atoms with van der Waals surface area (Å²) in [7, 11) is 0.